The van der Waals surface area contributed by atoms with E-state index in [1.54, 1.807) is 12.4 Å². The van der Waals surface area contributed by atoms with E-state index in [9.17, 15) is 0 Å². The highest BCUT2D eigenvalue weighted by atomic mass is 35.5. The predicted molar refractivity (Wildman–Crippen MR) is 82.9 cm³/mol. The number of pyridine rings is 1. The molecule has 3 nitrogen and oxygen atoms in total. The fourth-order valence-corrected chi connectivity index (χ4v) is 2.53. The third kappa shape index (κ3) is 2.41. The van der Waals surface area contributed by atoms with E-state index in [1.807, 2.05) is 30.3 Å². The Morgan fingerprint density at radius 3 is 2.70 bits per heavy atom. The number of hydrogen-bond donors (Lipinski definition) is 0. The normalized spacial score (nSPS) is 11.1. The highest BCUT2D eigenvalue weighted by Gasteiger charge is 2.12. The van der Waals surface area contributed by atoms with Gasteiger partial charge in [0, 0.05) is 29.5 Å². The number of hydrogen-bond acceptors (Lipinski definition) is 2. The molecule has 0 N–H and O–H groups in total. The summed E-state index contributed by atoms with van der Waals surface area (Å²) in [6.07, 6.45) is 5.88. The topological polar surface area (TPSA) is 30.7 Å². The molecule has 3 rings (SSSR count). The number of imidazole rings is 1. The molecule has 0 atom stereocenters. The van der Waals surface area contributed by atoms with Gasteiger partial charge in [0.2, 0.25) is 0 Å². The van der Waals surface area contributed by atoms with E-state index in [0.29, 0.717) is 0 Å². The predicted octanol–water partition coefficient (Wildman–Crippen LogP) is 4.55. The van der Waals surface area contributed by atoms with E-state index in [0.717, 1.165) is 46.8 Å². The van der Waals surface area contributed by atoms with E-state index in [-0.39, 0.29) is 0 Å². The Bertz CT molecular complexity index is 719. The molecule has 0 saturated carbocycles. The Kier molecular flexibility index (Phi) is 3.70. The number of nitrogens with zero attached hydrogens (tertiary/aromatic N) is 3. The summed E-state index contributed by atoms with van der Waals surface area (Å²) in [5.41, 5.74) is 3.17. The molecular formula is C16H16ClN3. The highest BCUT2D eigenvalue weighted by Crippen LogP contribution is 2.26. The molecule has 20 heavy (non-hydrogen) atoms. The summed E-state index contributed by atoms with van der Waals surface area (Å²) in [7, 11) is 0. The van der Waals surface area contributed by atoms with Gasteiger partial charge in [0.15, 0.2) is 0 Å². The molecule has 102 valence electrons. The number of unbranched alkanes of at least 4 members (excludes halogenated alkanes) is 1. The van der Waals surface area contributed by atoms with Crippen molar-refractivity contribution in [2.45, 2.75) is 26.3 Å². The van der Waals surface area contributed by atoms with Crippen LogP contribution in [0.25, 0.3) is 22.4 Å². The average molecular weight is 286 g/mol. The first kappa shape index (κ1) is 13.1. The van der Waals surface area contributed by atoms with Crippen LogP contribution in [0.3, 0.4) is 0 Å². The summed E-state index contributed by atoms with van der Waals surface area (Å²) < 4.78 is 2.27. The molecule has 0 saturated heterocycles. The lowest BCUT2D eigenvalue weighted by Gasteiger charge is -2.08. The van der Waals surface area contributed by atoms with Crippen LogP contribution >= 0.6 is 11.6 Å². The molecule has 1 aromatic carbocycles. The minimum atomic E-state index is 0.721. The van der Waals surface area contributed by atoms with Gasteiger partial charge in [0.05, 0.1) is 11.0 Å². The average Bonchev–Trinajstić information content (AvgIpc) is 2.83. The van der Waals surface area contributed by atoms with Gasteiger partial charge in [0.1, 0.15) is 5.82 Å². The summed E-state index contributed by atoms with van der Waals surface area (Å²) >= 11 is 6.07. The first-order chi connectivity index (χ1) is 9.79. The second-order valence-corrected chi connectivity index (χ2v) is 5.25. The second kappa shape index (κ2) is 5.63. The third-order valence-electron chi connectivity index (χ3n) is 3.38. The van der Waals surface area contributed by atoms with Crippen LogP contribution in [0, 0.1) is 0 Å². The maximum Gasteiger partial charge on any atom is 0.141 e. The zero-order valence-corrected chi connectivity index (χ0v) is 12.1. The molecule has 0 unspecified atom stereocenters. The Morgan fingerprint density at radius 2 is 1.95 bits per heavy atom. The minimum absolute atomic E-state index is 0.721. The number of aryl methyl sites for hydroxylation is 1. The lowest BCUT2D eigenvalue weighted by atomic mass is 10.2. The van der Waals surface area contributed by atoms with Crippen molar-refractivity contribution in [2.24, 2.45) is 0 Å². The molecule has 0 bridgehead atoms. The zero-order valence-electron chi connectivity index (χ0n) is 11.4. The fraction of sp³-hybridized carbons (Fsp3) is 0.250. The quantitative estimate of drug-likeness (QED) is 0.704. The van der Waals surface area contributed by atoms with Crippen LogP contribution in [0.15, 0.2) is 42.7 Å². The number of halogens is 1. The van der Waals surface area contributed by atoms with Gasteiger partial charge in [-0.1, -0.05) is 24.9 Å². The number of fused-ring (bicyclic) bond motifs is 1. The zero-order chi connectivity index (χ0) is 13.9. The molecule has 0 aliphatic heterocycles. The first-order valence-corrected chi connectivity index (χ1v) is 7.23. The Balaban J connectivity index is 2.19. The summed E-state index contributed by atoms with van der Waals surface area (Å²) in [4.78, 5) is 8.82. The molecule has 3 aromatic rings. The summed E-state index contributed by atoms with van der Waals surface area (Å²) in [6.45, 7) is 3.16. The lowest BCUT2D eigenvalue weighted by molar-refractivity contribution is 0.651. The Morgan fingerprint density at radius 1 is 1.15 bits per heavy atom. The van der Waals surface area contributed by atoms with Crippen molar-refractivity contribution in [3.63, 3.8) is 0 Å². The van der Waals surface area contributed by atoms with Crippen LogP contribution in [0.2, 0.25) is 5.02 Å². The van der Waals surface area contributed by atoms with Crippen LogP contribution in [-0.2, 0) is 6.54 Å². The molecule has 0 radical (unpaired) electrons. The van der Waals surface area contributed by atoms with E-state index in [4.69, 9.17) is 16.6 Å². The van der Waals surface area contributed by atoms with Crippen molar-refractivity contribution in [3.8, 4) is 11.4 Å². The SMILES string of the molecule is CCCCn1c(-c2ccncc2)nc2cc(Cl)ccc21. The Hall–Kier alpha value is -1.87. The number of rotatable bonds is 4. The molecule has 4 heteroatoms. The van der Waals surface area contributed by atoms with Crippen LogP contribution in [-0.4, -0.2) is 14.5 Å². The van der Waals surface area contributed by atoms with Crippen molar-refractivity contribution in [1.29, 1.82) is 0 Å². The van der Waals surface area contributed by atoms with Gasteiger partial charge in [-0.2, -0.15) is 0 Å². The van der Waals surface area contributed by atoms with Crippen molar-refractivity contribution in [3.05, 3.63) is 47.7 Å². The minimum Gasteiger partial charge on any atom is -0.324 e. The van der Waals surface area contributed by atoms with Gasteiger partial charge in [-0.25, -0.2) is 4.98 Å². The van der Waals surface area contributed by atoms with Crippen molar-refractivity contribution in [2.75, 3.05) is 0 Å². The van der Waals surface area contributed by atoms with Crippen LogP contribution in [0.5, 0.6) is 0 Å². The molecule has 2 heterocycles. The molecular weight excluding hydrogens is 270 g/mol. The smallest absolute Gasteiger partial charge is 0.141 e. The fourth-order valence-electron chi connectivity index (χ4n) is 2.37. The van der Waals surface area contributed by atoms with E-state index < -0.39 is 0 Å². The van der Waals surface area contributed by atoms with Gasteiger partial charge < -0.3 is 4.57 Å². The summed E-state index contributed by atoms with van der Waals surface area (Å²) in [5, 5.41) is 0.721. The third-order valence-corrected chi connectivity index (χ3v) is 3.62. The number of aromatic nitrogens is 3. The van der Waals surface area contributed by atoms with Crippen molar-refractivity contribution < 1.29 is 0 Å². The van der Waals surface area contributed by atoms with Crippen LogP contribution in [0.4, 0.5) is 0 Å². The van der Waals surface area contributed by atoms with E-state index in [2.05, 4.69) is 16.5 Å². The van der Waals surface area contributed by atoms with Crippen LogP contribution in [0.1, 0.15) is 19.8 Å². The van der Waals surface area contributed by atoms with Crippen molar-refractivity contribution >= 4 is 22.6 Å². The summed E-state index contributed by atoms with van der Waals surface area (Å²) in [5.74, 6) is 0.984. The monoisotopic (exact) mass is 285 g/mol. The first-order valence-electron chi connectivity index (χ1n) is 6.86. The molecule has 0 amide bonds. The van der Waals surface area contributed by atoms with E-state index >= 15 is 0 Å². The second-order valence-electron chi connectivity index (χ2n) is 4.81. The maximum absolute atomic E-state index is 6.07. The lowest BCUT2D eigenvalue weighted by Crippen LogP contribution is -2.00. The maximum atomic E-state index is 6.07. The molecule has 0 aliphatic carbocycles. The van der Waals surface area contributed by atoms with Crippen molar-refractivity contribution in [1.82, 2.24) is 14.5 Å². The highest BCUT2D eigenvalue weighted by molar-refractivity contribution is 6.31. The number of benzene rings is 1. The molecule has 0 spiro atoms. The molecule has 0 fully saturated rings. The Labute approximate surface area is 123 Å². The van der Waals surface area contributed by atoms with Gasteiger partial charge in [0.25, 0.3) is 0 Å². The van der Waals surface area contributed by atoms with Gasteiger partial charge >= 0.3 is 0 Å². The largest absolute Gasteiger partial charge is 0.324 e. The summed E-state index contributed by atoms with van der Waals surface area (Å²) in [6, 6.07) is 9.87. The van der Waals surface area contributed by atoms with E-state index in [1.165, 1.54) is 0 Å². The molecule has 2 aromatic heterocycles. The standard InChI is InChI=1S/C16H16ClN3/c1-2-3-10-20-15-5-4-13(17)11-14(15)19-16(20)12-6-8-18-9-7-12/h4-9,11H,2-3,10H2,1H3. The molecule has 0 aliphatic rings. The van der Waals surface area contributed by atoms with Gasteiger partial charge in [-0.3, -0.25) is 4.98 Å². The van der Waals surface area contributed by atoms with Gasteiger partial charge in [-0.05, 0) is 36.8 Å². The van der Waals surface area contributed by atoms with Gasteiger partial charge in [-0.15, -0.1) is 0 Å². The van der Waals surface area contributed by atoms with Crippen LogP contribution < -0.4 is 0 Å².